The summed E-state index contributed by atoms with van der Waals surface area (Å²) >= 11 is 9.38. The van der Waals surface area contributed by atoms with E-state index < -0.39 is 0 Å². The fourth-order valence-corrected chi connectivity index (χ4v) is 6.03. The molecule has 2 aromatic carbocycles. The van der Waals surface area contributed by atoms with Crippen LogP contribution in [0.2, 0.25) is 0 Å². The minimum atomic E-state index is 0.250. The van der Waals surface area contributed by atoms with Crippen LogP contribution in [0.3, 0.4) is 0 Å². The smallest absolute Gasteiger partial charge is 0.173 e. The van der Waals surface area contributed by atoms with Gasteiger partial charge >= 0.3 is 0 Å². The number of rotatable bonds is 3. The molecule has 0 saturated carbocycles. The number of piperidine rings is 2. The number of halogens is 1. The SMILES string of the molecule is C[C@@]12CN(Cc3cccc(Br)c3)C[C@](C)(CN(C(=S)Nc3ccccc3)C1)C2. The summed E-state index contributed by atoms with van der Waals surface area (Å²) in [6.07, 6.45) is 1.26. The summed E-state index contributed by atoms with van der Waals surface area (Å²) in [7, 11) is 0. The highest BCUT2D eigenvalue weighted by Gasteiger charge is 2.48. The van der Waals surface area contributed by atoms with Crippen molar-refractivity contribution in [2.45, 2.75) is 26.8 Å². The molecule has 4 rings (SSSR count). The van der Waals surface area contributed by atoms with E-state index in [1.807, 2.05) is 18.2 Å². The molecule has 2 aromatic rings. The van der Waals surface area contributed by atoms with Crippen LogP contribution in [0, 0.1) is 10.8 Å². The third-order valence-electron chi connectivity index (χ3n) is 5.82. The zero-order chi connectivity index (χ0) is 19.8. The van der Waals surface area contributed by atoms with E-state index in [0.29, 0.717) is 0 Å². The molecule has 0 spiro atoms. The molecule has 0 aromatic heterocycles. The third kappa shape index (κ3) is 4.58. The quantitative estimate of drug-likeness (QED) is 0.623. The number of anilines is 1. The number of nitrogens with one attached hydrogen (secondary N) is 1. The van der Waals surface area contributed by atoms with Gasteiger partial charge in [0.05, 0.1) is 0 Å². The van der Waals surface area contributed by atoms with E-state index in [-0.39, 0.29) is 10.8 Å². The Bertz CT molecular complexity index is 838. The summed E-state index contributed by atoms with van der Waals surface area (Å²) < 4.78 is 1.16. The average Bonchev–Trinajstić information content (AvgIpc) is 2.60. The Kier molecular flexibility index (Phi) is 5.51. The van der Waals surface area contributed by atoms with Gasteiger partial charge in [-0.1, -0.05) is 60.1 Å². The van der Waals surface area contributed by atoms with Gasteiger partial charge in [0.25, 0.3) is 0 Å². The van der Waals surface area contributed by atoms with Gasteiger partial charge in [-0.15, -0.1) is 0 Å². The number of hydrogen-bond acceptors (Lipinski definition) is 2. The van der Waals surface area contributed by atoms with Crippen LogP contribution >= 0.6 is 28.1 Å². The van der Waals surface area contributed by atoms with E-state index in [2.05, 4.69) is 81.3 Å². The maximum atomic E-state index is 5.78. The molecule has 3 nitrogen and oxygen atoms in total. The molecule has 28 heavy (non-hydrogen) atoms. The van der Waals surface area contributed by atoms with Crippen LogP contribution in [0.4, 0.5) is 5.69 Å². The molecule has 0 aliphatic carbocycles. The lowest BCUT2D eigenvalue weighted by Crippen LogP contribution is -2.63. The van der Waals surface area contributed by atoms with Crippen LogP contribution in [0.5, 0.6) is 0 Å². The fraction of sp³-hybridized carbons (Fsp3) is 0.435. The number of likely N-dealkylation sites (tertiary alicyclic amines) is 2. The molecule has 0 radical (unpaired) electrons. The maximum Gasteiger partial charge on any atom is 0.173 e. The third-order valence-corrected chi connectivity index (χ3v) is 6.67. The highest BCUT2D eigenvalue weighted by atomic mass is 79.9. The second kappa shape index (κ2) is 7.77. The zero-order valence-electron chi connectivity index (χ0n) is 16.6. The lowest BCUT2D eigenvalue weighted by molar-refractivity contribution is -0.0553. The van der Waals surface area contributed by atoms with E-state index in [0.717, 1.165) is 48.0 Å². The predicted octanol–water partition coefficient (Wildman–Crippen LogP) is 5.38. The van der Waals surface area contributed by atoms with E-state index in [1.54, 1.807) is 0 Å². The first kappa shape index (κ1) is 19.9. The number of nitrogens with zero attached hydrogens (tertiary/aromatic N) is 2. The minimum absolute atomic E-state index is 0.250. The Morgan fingerprint density at radius 2 is 1.68 bits per heavy atom. The Labute approximate surface area is 182 Å². The van der Waals surface area contributed by atoms with Gasteiger partial charge in [0, 0.05) is 42.9 Å². The average molecular weight is 458 g/mol. The van der Waals surface area contributed by atoms with Crippen molar-refractivity contribution in [3.63, 3.8) is 0 Å². The van der Waals surface area contributed by atoms with Crippen LogP contribution in [0.25, 0.3) is 0 Å². The largest absolute Gasteiger partial charge is 0.348 e. The highest BCUT2D eigenvalue weighted by Crippen LogP contribution is 2.45. The minimum Gasteiger partial charge on any atom is -0.348 e. The van der Waals surface area contributed by atoms with Gasteiger partial charge in [0.2, 0.25) is 0 Å². The van der Waals surface area contributed by atoms with Crippen molar-refractivity contribution in [2.75, 3.05) is 31.5 Å². The standard InChI is InChI=1S/C23H28BrN3S/c1-22-13-23(2,15-26(14-22)12-18-7-6-8-19(24)11-18)17-27(16-22)21(28)25-20-9-4-3-5-10-20/h3-11H,12-17H2,1-2H3,(H,25,28)/t22-,23-/m1/s1. The van der Waals surface area contributed by atoms with Crippen molar-refractivity contribution in [3.05, 3.63) is 64.6 Å². The summed E-state index contributed by atoms with van der Waals surface area (Å²) in [5.74, 6) is 0. The van der Waals surface area contributed by atoms with E-state index >= 15 is 0 Å². The molecule has 2 bridgehead atoms. The van der Waals surface area contributed by atoms with Gasteiger partial charge in [0.15, 0.2) is 5.11 Å². The molecule has 2 aliphatic rings. The molecular formula is C23H28BrN3S. The second-order valence-electron chi connectivity index (χ2n) is 9.23. The normalized spacial score (nSPS) is 27.5. The molecule has 148 valence electrons. The van der Waals surface area contributed by atoms with Gasteiger partial charge in [0.1, 0.15) is 0 Å². The molecule has 1 N–H and O–H groups in total. The van der Waals surface area contributed by atoms with Crippen molar-refractivity contribution in [2.24, 2.45) is 10.8 Å². The van der Waals surface area contributed by atoms with Crippen molar-refractivity contribution in [3.8, 4) is 0 Å². The number of benzene rings is 2. The van der Waals surface area contributed by atoms with Gasteiger partial charge in [-0.2, -0.15) is 0 Å². The number of fused-ring (bicyclic) bond motifs is 2. The molecule has 2 fully saturated rings. The highest BCUT2D eigenvalue weighted by molar-refractivity contribution is 9.10. The predicted molar refractivity (Wildman–Crippen MR) is 124 cm³/mol. The molecule has 0 amide bonds. The van der Waals surface area contributed by atoms with Gasteiger partial charge < -0.3 is 10.2 Å². The van der Waals surface area contributed by atoms with Gasteiger partial charge in [-0.3, -0.25) is 4.90 Å². The van der Waals surface area contributed by atoms with E-state index in [9.17, 15) is 0 Å². The second-order valence-corrected chi connectivity index (χ2v) is 10.5. The fourth-order valence-electron chi connectivity index (χ4n) is 5.34. The molecule has 5 heteroatoms. The van der Waals surface area contributed by atoms with E-state index in [1.165, 1.54) is 12.0 Å². The lowest BCUT2D eigenvalue weighted by atomic mass is 9.65. The van der Waals surface area contributed by atoms with Crippen molar-refractivity contribution in [1.29, 1.82) is 0 Å². The molecule has 0 unspecified atom stereocenters. The Hall–Kier alpha value is -1.43. The molecule has 2 heterocycles. The maximum absolute atomic E-state index is 5.78. The zero-order valence-corrected chi connectivity index (χ0v) is 19.0. The first-order chi connectivity index (χ1) is 13.3. The van der Waals surface area contributed by atoms with Crippen LogP contribution < -0.4 is 5.32 Å². The topological polar surface area (TPSA) is 18.5 Å². The molecule has 2 atom stereocenters. The van der Waals surface area contributed by atoms with Crippen LogP contribution in [-0.4, -0.2) is 41.1 Å². The number of thiocarbonyl (C=S) groups is 1. The lowest BCUT2D eigenvalue weighted by Gasteiger charge is -2.57. The first-order valence-corrected chi connectivity index (χ1v) is 11.1. The Morgan fingerprint density at radius 3 is 2.32 bits per heavy atom. The van der Waals surface area contributed by atoms with E-state index in [4.69, 9.17) is 12.2 Å². The first-order valence-electron chi connectivity index (χ1n) is 9.90. The van der Waals surface area contributed by atoms with Crippen LogP contribution in [0.15, 0.2) is 59.1 Å². The van der Waals surface area contributed by atoms with Gasteiger partial charge in [-0.25, -0.2) is 0 Å². The monoisotopic (exact) mass is 457 g/mol. The molecular weight excluding hydrogens is 430 g/mol. The summed E-state index contributed by atoms with van der Waals surface area (Å²) in [5.41, 5.74) is 2.94. The number of para-hydroxylation sites is 1. The molecule has 2 saturated heterocycles. The summed E-state index contributed by atoms with van der Waals surface area (Å²) in [4.78, 5) is 5.03. The summed E-state index contributed by atoms with van der Waals surface area (Å²) in [5, 5.41) is 4.28. The Balaban J connectivity index is 1.46. The van der Waals surface area contributed by atoms with Crippen LogP contribution in [-0.2, 0) is 6.54 Å². The summed E-state index contributed by atoms with van der Waals surface area (Å²) in [6, 6.07) is 18.9. The number of hydrogen-bond donors (Lipinski definition) is 1. The van der Waals surface area contributed by atoms with Gasteiger partial charge in [-0.05, 0) is 59.3 Å². The summed E-state index contributed by atoms with van der Waals surface area (Å²) in [6.45, 7) is 10.1. The van der Waals surface area contributed by atoms with Crippen molar-refractivity contribution in [1.82, 2.24) is 9.80 Å². The van der Waals surface area contributed by atoms with Crippen molar-refractivity contribution < 1.29 is 0 Å². The van der Waals surface area contributed by atoms with Crippen molar-refractivity contribution >= 4 is 38.9 Å². The molecule has 2 aliphatic heterocycles. The van der Waals surface area contributed by atoms with Crippen LogP contribution in [0.1, 0.15) is 25.8 Å². The Morgan fingerprint density at radius 1 is 1.00 bits per heavy atom.